The van der Waals surface area contributed by atoms with Gasteiger partial charge in [0.2, 0.25) is 0 Å². The summed E-state index contributed by atoms with van der Waals surface area (Å²) in [6, 6.07) is 12.1. The number of aromatic nitrogens is 3. The molecule has 2 aromatic carbocycles. The molecule has 4 rings (SSSR count). The second-order valence-corrected chi connectivity index (χ2v) is 8.87. The number of aryl methyl sites for hydroxylation is 2. The number of hydrogen-bond acceptors (Lipinski definition) is 7. The van der Waals surface area contributed by atoms with Crippen LogP contribution in [0.25, 0.3) is 22.2 Å². The van der Waals surface area contributed by atoms with Gasteiger partial charge in [-0.2, -0.15) is 0 Å². The van der Waals surface area contributed by atoms with Crippen molar-refractivity contribution >= 4 is 46.2 Å². The van der Waals surface area contributed by atoms with Crippen molar-refractivity contribution in [2.75, 3.05) is 25.8 Å². The van der Waals surface area contributed by atoms with Crippen LogP contribution < -0.4 is 20.3 Å². The molecular weight excluding hydrogens is 504 g/mol. The van der Waals surface area contributed by atoms with Crippen LogP contribution in [0.5, 0.6) is 11.5 Å². The Morgan fingerprint density at radius 3 is 2.53 bits per heavy atom. The van der Waals surface area contributed by atoms with Crippen molar-refractivity contribution in [3.05, 3.63) is 69.6 Å². The summed E-state index contributed by atoms with van der Waals surface area (Å²) in [5.74, 6) is 0.891. The van der Waals surface area contributed by atoms with Crippen LogP contribution in [0, 0.1) is 0 Å². The van der Waals surface area contributed by atoms with Crippen LogP contribution in [0.2, 0.25) is 5.02 Å². The van der Waals surface area contributed by atoms with E-state index in [4.69, 9.17) is 26.2 Å². The molecule has 2 heterocycles. The second kappa shape index (κ2) is 10.9. The van der Waals surface area contributed by atoms with E-state index in [9.17, 15) is 9.59 Å². The highest BCUT2D eigenvalue weighted by atomic mass is 35.5. The third-order valence-electron chi connectivity index (χ3n) is 5.58. The van der Waals surface area contributed by atoms with Crippen LogP contribution in [0.15, 0.2) is 58.6 Å². The standard InChI is InChI=1S/C25H23ClN4O5S/c1-34-17-11-18(21(26)20(12-17)35-2)19-10-15-13-27-24(36-3)29-22(15)30(23(19)31)9-8-14-4-6-16(7-5-14)28-25(32)33/h4-7,10-13,28H,8-9H2,1-3H3,(H,32,33). The molecule has 186 valence electrons. The Kier molecular flexibility index (Phi) is 7.66. The molecule has 2 N–H and O–H groups in total. The second-order valence-electron chi connectivity index (χ2n) is 7.72. The molecule has 4 aromatic rings. The fourth-order valence-corrected chi connectivity index (χ4v) is 4.42. The van der Waals surface area contributed by atoms with Gasteiger partial charge in [-0.1, -0.05) is 35.5 Å². The largest absolute Gasteiger partial charge is 0.497 e. The Balaban J connectivity index is 1.82. The van der Waals surface area contributed by atoms with Crippen molar-refractivity contribution in [3.8, 4) is 22.6 Å². The van der Waals surface area contributed by atoms with Gasteiger partial charge in [0.1, 0.15) is 17.1 Å². The van der Waals surface area contributed by atoms with Crippen molar-refractivity contribution in [2.24, 2.45) is 0 Å². The van der Waals surface area contributed by atoms with Crippen LogP contribution in [0.3, 0.4) is 0 Å². The van der Waals surface area contributed by atoms with Crippen molar-refractivity contribution in [3.63, 3.8) is 0 Å². The number of anilines is 1. The van der Waals surface area contributed by atoms with E-state index in [1.807, 2.05) is 18.4 Å². The maximum Gasteiger partial charge on any atom is 0.409 e. The molecule has 0 fully saturated rings. The van der Waals surface area contributed by atoms with E-state index in [2.05, 4.69) is 15.3 Å². The van der Waals surface area contributed by atoms with Gasteiger partial charge in [0.05, 0.1) is 19.2 Å². The molecule has 9 nitrogen and oxygen atoms in total. The third-order valence-corrected chi connectivity index (χ3v) is 6.53. The zero-order valence-corrected chi connectivity index (χ0v) is 21.3. The average molecular weight is 527 g/mol. The molecule has 36 heavy (non-hydrogen) atoms. The Bertz CT molecular complexity index is 1490. The predicted molar refractivity (Wildman–Crippen MR) is 141 cm³/mol. The topological polar surface area (TPSA) is 116 Å². The fourth-order valence-electron chi connectivity index (χ4n) is 3.80. The smallest absolute Gasteiger partial charge is 0.409 e. The third kappa shape index (κ3) is 5.24. The normalized spacial score (nSPS) is 10.9. The number of nitrogens with one attached hydrogen (secondary N) is 1. The molecule has 0 aliphatic heterocycles. The summed E-state index contributed by atoms with van der Waals surface area (Å²) in [5, 5.41) is 12.7. The molecule has 1 amide bonds. The van der Waals surface area contributed by atoms with Crippen LogP contribution in [0.4, 0.5) is 10.5 Å². The molecule has 11 heteroatoms. The van der Waals surface area contributed by atoms with E-state index >= 15 is 0 Å². The summed E-state index contributed by atoms with van der Waals surface area (Å²) in [6.07, 6.45) is 2.94. The molecule has 0 unspecified atom stereocenters. The van der Waals surface area contributed by atoms with Crippen LogP contribution >= 0.6 is 23.4 Å². The van der Waals surface area contributed by atoms with Crippen molar-refractivity contribution in [1.82, 2.24) is 14.5 Å². The number of carbonyl (C=O) groups is 1. The number of halogens is 1. The number of hydrogen-bond donors (Lipinski definition) is 2. The molecule has 0 atom stereocenters. The SMILES string of the molecule is COc1cc(OC)c(Cl)c(-c2cc3cnc(SC)nc3n(CCc3ccc(NC(=O)O)cc3)c2=O)c1. The lowest BCUT2D eigenvalue weighted by atomic mass is 10.0. The zero-order valence-electron chi connectivity index (χ0n) is 19.7. The van der Waals surface area contributed by atoms with Gasteiger partial charge in [-0.3, -0.25) is 14.7 Å². The zero-order chi connectivity index (χ0) is 25.8. The molecule has 0 saturated heterocycles. The van der Waals surface area contributed by atoms with E-state index in [0.29, 0.717) is 62.5 Å². The van der Waals surface area contributed by atoms with Crippen LogP contribution in [-0.4, -0.2) is 46.2 Å². The van der Waals surface area contributed by atoms with Crippen LogP contribution in [0.1, 0.15) is 5.56 Å². The van der Waals surface area contributed by atoms with Gasteiger partial charge in [0.15, 0.2) is 5.16 Å². The predicted octanol–water partition coefficient (Wildman–Crippen LogP) is 5.18. The Hall–Kier alpha value is -3.76. The average Bonchev–Trinajstić information content (AvgIpc) is 2.88. The number of nitrogens with zero attached hydrogens (tertiary/aromatic N) is 3. The molecule has 0 aliphatic carbocycles. The van der Waals surface area contributed by atoms with Gasteiger partial charge in [0.25, 0.3) is 5.56 Å². The number of ether oxygens (including phenoxy) is 2. The first-order chi connectivity index (χ1) is 17.3. The Morgan fingerprint density at radius 1 is 1.14 bits per heavy atom. The van der Waals surface area contributed by atoms with Gasteiger partial charge in [0, 0.05) is 41.0 Å². The van der Waals surface area contributed by atoms with E-state index in [1.165, 1.54) is 26.0 Å². The highest BCUT2D eigenvalue weighted by Crippen LogP contribution is 2.38. The number of methoxy groups -OCH3 is 2. The van der Waals surface area contributed by atoms with Gasteiger partial charge >= 0.3 is 6.09 Å². The minimum Gasteiger partial charge on any atom is -0.497 e. The van der Waals surface area contributed by atoms with E-state index in [-0.39, 0.29) is 5.56 Å². The molecule has 0 saturated carbocycles. The first-order valence-electron chi connectivity index (χ1n) is 10.8. The molecular formula is C25H23ClN4O5S. The monoisotopic (exact) mass is 526 g/mol. The Morgan fingerprint density at radius 2 is 1.89 bits per heavy atom. The molecule has 0 spiro atoms. The molecule has 2 aromatic heterocycles. The van der Waals surface area contributed by atoms with E-state index in [1.54, 1.807) is 41.1 Å². The molecule has 0 aliphatic rings. The van der Waals surface area contributed by atoms with Crippen LogP contribution in [-0.2, 0) is 13.0 Å². The van der Waals surface area contributed by atoms with Crippen molar-refractivity contribution < 1.29 is 19.4 Å². The molecule has 0 radical (unpaired) electrons. The minimum absolute atomic E-state index is 0.269. The number of carboxylic acid groups (broad SMARTS) is 1. The Labute approximate surface area is 216 Å². The number of benzene rings is 2. The number of fused-ring (bicyclic) bond motifs is 1. The minimum atomic E-state index is -1.13. The van der Waals surface area contributed by atoms with Gasteiger partial charge in [-0.05, 0) is 42.5 Å². The van der Waals surface area contributed by atoms with Crippen molar-refractivity contribution in [2.45, 2.75) is 18.1 Å². The highest BCUT2D eigenvalue weighted by molar-refractivity contribution is 7.98. The first-order valence-corrected chi connectivity index (χ1v) is 12.4. The summed E-state index contributed by atoms with van der Waals surface area (Å²) in [4.78, 5) is 33.6. The van der Waals surface area contributed by atoms with Gasteiger partial charge in [-0.15, -0.1) is 0 Å². The van der Waals surface area contributed by atoms with Gasteiger partial charge in [-0.25, -0.2) is 14.8 Å². The summed E-state index contributed by atoms with van der Waals surface area (Å²) in [5.41, 5.74) is 2.48. The highest BCUT2D eigenvalue weighted by Gasteiger charge is 2.19. The lowest BCUT2D eigenvalue weighted by Gasteiger charge is -2.15. The number of rotatable bonds is 8. The number of pyridine rings is 1. The summed E-state index contributed by atoms with van der Waals surface area (Å²) < 4.78 is 12.4. The summed E-state index contributed by atoms with van der Waals surface area (Å²) >= 11 is 7.99. The maximum absolute atomic E-state index is 13.8. The van der Waals surface area contributed by atoms with E-state index < -0.39 is 6.09 Å². The maximum atomic E-state index is 13.8. The first kappa shape index (κ1) is 25.3. The van der Waals surface area contributed by atoms with E-state index in [0.717, 1.165) is 5.56 Å². The summed E-state index contributed by atoms with van der Waals surface area (Å²) in [6.45, 7) is 0.332. The number of amides is 1. The van der Waals surface area contributed by atoms with Gasteiger partial charge < -0.3 is 14.6 Å². The summed E-state index contributed by atoms with van der Waals surface area (Å²) in [7, 11) is 3.03. The van der Waals surface area contributed by atoms with Crippen molar-refractivity contribution in [1.29, 1.82) is 0 Å². The quantitative estimate of drug-likeness (QED) is 0.238. The lowest BCUT2D eigenvalue weighted by Crippen LogP contribution is -2.24. The lowest BCUT2D eigenvalue weighted by molar-refractivity contribution is 0.209. The fraction of sp³-hybridized carbons (Fsp3) is 0.200. The number of thioether (sulfide) groups is 1. The molecule has 0 bridgehead atoms.